The first-order chi connectivity index (χ1) is 9.45. The molecule has 1 rings (SSSR count). The lowest BCUT2D eigenvalue weighted by atomic mass is 10.1. The first kappa shape index (κ1) is 16.5. The van der Waals surface area contributed by atoms with Gasteiger partial charge in [0, 0.05) is 23.7 Å². The van der Waals surface area contributed by atoms with E-state index in [1.165, 1.54) is 0 Å². The number of carboxylic acid groups (broad SMARTS) is 1. The molecule has 5 heteroatoms. The van der Waals surface area contributed by atoms with Crippen LogP contribution in [0.5, 0.6) is 0 Å². The highest BCUT2D eigenvalue weighted by Crippen LogP contribution is 2.13. The van der Waals surface area contributed by atoms with Crippen molar-refractivity contribution in [3.8, 4) is 0 Å². The van der Waals surface area contributed by atoms with Crippen LogP contribution in [0.25, 0.3) is 0 Å². The molecule has 0 fully saturated rings. The SMILES string of the molecule is CCCCN(CC(C)C(=O)O)C(=O)c1ccc(Cl)cc1. The van der Waals surface area contributed by atoms with Gasteiger partial charge in [0.15, 0.2) is 0 Å². The van der Waals surface area contributed by atoms with Crippen LogP contribution in [0.15, 0.2) is 24.3 Å². The van der Waals surface area contributed by atoms with Crippen LogP contribution >= 0.6 is 11.6 Å². The molecule has 1 aromatic carbocycles. The molecule has 0 bridgehead atoms. The number of carboxylic acids is 1. The molecule has 0 radical (unpaired) electrons. The molecule has 0 spiro atoms. The lowest BCUT2D eigenvalue weighted by Crippen LogP contribution is -2.37. The van der Waals surface area contributed by atoms with Crippen molar-refractivity contribution in [1.82, 2.24) is 4.90 Å². The second-order valence-corrected chi connectivity index (χ2v) is 5.29. The predicted octanol–water partition coefficient (Wildman–Crippen LogP) is 3.30. The van der Waals surface area contributed by atoms with Crippen LogP contribution in [-0.2, 0) is 4.79 Å². The van der Waals surface area contributed by atoms with E-state index in [-0.39, 0.29) is 12.5 Å². The molecular weight excluding hydrogens is 278 g/mol. The van der Waals surface area contributed by atoms with Crippen molar-refractivity contribution in [2.75, 3.05) is 13.1 Å². The van der Waals surface area contributed by atoms with Crippen molar-refractivity contribution in [2.45, 2.75) is 26.7 Å². The normalized spacial score (nSPS) is 11.9. The Labute approximate surface area is 124 Å². The third-order valence-corrected chi connectivity index (χ3v) is 3.33. The van der Waals surface area contributed by atoms with Crippen LogP contribution in [-0.4, -0.2) is 35.0 Å². The third kappa shape index (κ3) is 4.85. The molecule has 4 nitrogen and oxygen atoms in total. The first-order valence-corrected chi connectivity index (χ1v) is 7.11. The Kier molecular flexibility index (Phi) is 6.52. The monoisotopic (exact) mass is 297 g/mol. The van der Waals surface area contributed by atoms with E-state index in [2.05, 4.69) is 0 Å². The predicted molar refractivity (Wildman–Crippen MR) is 79.1 cm³/mol. The van der Waals surface area contributed by atoms with Crippen LogP contribution < -0.4 is 0 Å². The van der Waals surface area contributed by atoms with Crippen LogP contribution in [0.3, 0.4) is 0 Å². The molecule has 0 saturated heterocycles. The summed E-state index contributed by atoms with van der Waals surface area (Å²) in [7, 11) is 0. The highest BCUT2D eigenvalue weighted by Gasteiger charge is 2.21. The molecule has 0 heterocycles. The van der Waals surface area contributed by atoms with Crippen LogP contribution in [0, 0.1) is 5.92 Å². The van der Waals surface area contributed by atoms with Gasteiger partial charge in [0.25, 0.3) is 5.91 Å². The molecule has 20 heavy (non-hydrogen) atoms. The maximum absolute atomic E-state index is 12.4. The summed E-state index contributed by atoms with van der Waals surface area (Å²) in [5.74, 6) is -1.62. The van der Waals surface area contributed by atoms with Gasteiger partial charge in [0.1, 0.15) is 0 Å². The summed E-state index contributed by atoms with van der Waals surface area (Å²) in [5.41, 5.74) is 0.531. The van der Waals surface area contributed by atoms with Gasteiger partial charge in [0.05, 0.1) is 5.92 Å². The fourth-order valence-electron chi connectivity index (χ4n) is 1.81. The molecule has 110 valence electrons. The van der Waals surface area contributed by atoms with Gasteiger partial charge in [-0.05, 0) is 30.7 Å². The van der Waals surface area contributed by atoms with Gasteiger partial charge in [-0.1, -0.05) is 31.9 Å². The van der Waals surface area contributed by atoms with Gasteiger partial charge < -0.3 is 10.0 Å². The van der Waals surface area contributed by atoms with Crippen LogP contribution in [0.2, 0.25) is 5.02 Å². The summed E-state index contributed by atoms with van der Waals surface area (Å²) in [6, 6.07) is 6.64. The number of hydrogen-bond acceptors (Lipinski definition) is 2. The number of benzene rings is 1. The fraction of sp³-hybridized carbons (Fsp3) is 0.467. The van der Waals surface area contributed by atoms with Gasteiger partial charge in [-0.2, -0.15) is 0 Å². The molecule has 1 unspecified atom stereocenters. The number of halogens is 1. The number of nitrogens with zero attached hydrogens (tertiary/aromatic N) is 1. The fourth-order valence-corrected chi connectivity index (χ4v) is 1.93. The van der Waals surface area contributed by atoms with E-state index >= 15 is 0 Å². The number of unbranched alkanes of at least 4 members (excludes halogenated alkanes) is 1. The molecule has 1 amide bonds. The quantitative estimate of drug-likeness (QED) is 0.840. The molecule has 0 aliphatic carbocycles. The Morgan fingerprint density at radius 1 is 1.30 bits per heavy atom. The molecule has 1 atom stereocenters. The molecule has 0 aliphatic rings. The average molecular weight is 298 g/mol. The maximum atomic E-state index is 12.4. The smallest absolute Gasteiger partial charge is 0.308 e. The Balaban J connectivity index is 2.83. The highest BCUT2D eigenvalue weighted by molar-refractivity contribution is 6.30. The minimum absolute atomic E-state index is 0.150. The third-order valence-electron chi connectivity index (χ3n) is 3.08. The highest BCUT2D eigenvalue weighted by atomic mass is 35.5. The van der Waals surface area contributed by atoms with E-state index in [1.54, 1.807) is 36.1 Å². The van der Waals surface area contributed by atoms with Crippen molar-refractivity contribution in [1.29, 1.82) is 0 Å². The summed E-state index contributed by atoms with van der Waals surface area (Å²) in [5, 5.41) is 9.56. The minimum Gasteiger partial charge on any atom is -0.481 e. The average Bonchev–Trinajstić information content (AvgIpc) is 2.43. The summed E-state index contributed by atoms with van der Waals surface area (Å²) in [4.78, 5) is 25.0. The topological polar surface area (TPSA) is 57.6 Å². The van der Waals surface area contributed by atoms with Crippen LogP contribution in [0.4, 0.5) is 0 Å². The number of aliphatic carboxylic acids is 1. The van der Waals surface area contributed by atoms with Gasteiger partial charge in [-0.15, -0.1) is 0 Å². The molecular formula is C15H20ClNO3. The second-order valence-electron chi connectivity index (χ2n) is 4.85. The zero-order chi connectivity index (χ0) is 15.1. The molecule has 0 saturated carbocycles. The first-order valence-electron chi connectivity index (χ1n) is 6.73. The van der Waals surface area contributed by atoms with Gasteiger partial charge in [0.2, 0.25) is 0 Å². The van der Waals surface area contributed by atoms with E-state index in [4.69, 9.17) is 16.7 Å². The molecule has 0 aliphatic heterocycles. The van der Waals surface area contributed by atoms with Crippen LogP contribution in [0.1, 0.15) is 37.0 Å². The Morgan fingerprint density at radius 3 is 2.40 bits per heavy atom. The summed E-state index contributed by atoms with van der Waals surface area (Å²) in [6.07, 6.45) is 1.80. The van der Waals surface area contributed by atoms with Gasteiger partial charge in [-0.25, -0.2) is 0 Å². The lowest BCUT2D eigenvalue weighted by Gasteiger charge is -2.24. The van der Waals surface area contributed by atoms with E-state index in [0.29, 0.717) is 17.1 Å². The number of hydrogen-bond donors (Lipinski definition) is 1. The standard InChI is InChI=1S/C15H20ClNO3/c1-3-4-9-17(10-11(2)15(19)20)14(18)12-5-7-13(16)8-6-12/h5-8,11H,3-4,9-10H2,1-2H3,(H,19,20). The van der Waals surface area contributed by atoms with Crippen molar-refractivity contribution in [3.05, 3.63) is 34.9 Å². The van der Waals surface area contributed by atoms with E-state index in [0.717, 1.165) is 12.8 Å². The van der Waals surface area contributed by atoms with Crippen molar-refractivity contribution < 1.29 is 14.7 Å². The van der Waals surface area contributed by atoms with Crippen molar-refractivity contribution in [2.24, 2.45) is 5.92 Å². The Morgan fingerprint density at radius 2 is 1.90 bits per heavy atom. The largest absolute Gasteiger partial charge is 0.481 e. The number of amides is 1. The zero-order valence-corrected chi connectivity index (χ0v) is 12.6. The number of carbonyl (C=O) groups excluding carboxylic acids is 1. The summed E-state index contributed by atoms with van der Waals surface area (Å²) >= 11 is 5.80. The maximum Gasteiger partial charge on any atom is 0.308 e. The number of rotatable bonds is 7. The zero-order valence-electron chi connectivity index (χ0n) is 11.8. The Bertz CT molecular complexity index is 459. The second kappa shape index (κ2) is 7.90. The van der Waals surface area contributed by atoms with E-state index in [9.17, 15) is 9.59 Å². The molecule has 1 aromatic rings. The Hall–Kier alpha value is -1.55. The van der Waals surface area contributed by atoms with Gasteiger partial charge >= 0.3 is 5.97 Å². The lowest BCUT2D eigenvalue weighted by molar-refractivity contribution is -0.141. The summed E-state index contributed by atoms with van der Waals surface area (Å²) < 4.78 is 0. The molecule has 1 N–H and O–H groups in total. The summed E-state index contributed by atoms with van der Waals surface area (Å²) in [6.45, 7) is 4.42. The van der Waals surface area contributed by atoms with Gasteiger partial charge in [-0.3, -0.25) is 9.59 Å². The van der Waals surface area contributed by atoms with E-state index < -0.39 is 11.9 Å². The van der Waals surface area contributed by atoms with E-state index in [1.807, 2.05) is 6.92 Å². The van der Waals surface area contributed by atoms with Crippen molar-refractivity contribution in [3.63, 3.8) is 0 Å². The number of carbonyl (C=O) groups is 2. The van der Waals surface area contributed by atoms with Crippen molar-refractivity contribution >= 4 is 23.5 Å². The minimum atomic E-state index is -0.893. The molecule has 0 aromatic heterocycles.